The summed E-state index contributed by atoms with van der Waals surface area (Å²) in [4.78, 5) is 4.56. The second-order valence-corrected chi connectivity index (χ2v) is 6.06. The molecule has 0 aliphatic heterocycles. The van der Waals surface area contributed by atoms with Crippen LogP contribution in [-0.4, -0.2) is 11.0 Å². The Morgan fingerprint density at radius 3 is 2.75 bits per heavy atom. The third-order valence-corrected chi connectivity index (χ3v) is 4.27. The Labute approximate surface area is 121 Å². The topological polar surface area (TPSA) is 38.9 Å². The molecule has 2 unspecified atom stereocenters. The highest BCUT2D eigenvalue weighted by molar-refractivity contribution is 5.32. The molecule has 0 fully saturated rings. The highest BCUT2D eigenvalue weighted by atomic mass is 14.7. The smallest absolute Gasteiger partial charge is 0.0482 e. The molecule has 0 bridgehead atoms. The van der Waals surface area contributed by atoms with Gasteiger partial charge in [0, 0.05) is 23.9 Å². The van der Waals surface area contributed by atoms with Gasteiger partial charge >= 0.3 is 0 Å². The molecule has 104 valence electrons. The van der Waals surface area contributed by atoms with Gasteiger partial charge in [-0.05, 0) is 50.3 Å². The largest absolute Gasteiger partial charge is 0.327 e. The maximum Gasteiger partial charge on any atom is 0.0482 e. The molecular formula is C18H22N2. The Balaban J connectivity index is 1.79. The number of fused-ring (bicyclic) bond motifs is 1. The molecule has 20 heavy (non-hydrogen) atoms. The van der Waals surface area contributed by atoms with Crippen LogP contribution in [0.4, 0.5) is 0 Å². The van der Waals surface area contributed by atoms with E-state index in [0.29, 0.717) is 5.92 Å². The molecule has 0 amide bonds. The summed E-state index contributed by atoms with van der Waals surface area (Å²) in [5, 5.41) is 0. The molecule has 0 spiro atoms. The van der Waals surface area contributed by atoms with Crippen LogP contribution in [0, 0.1) is 13.8 Å². The molecular weight excluding hydrogens is 244 g/mol. The quantitative estimate of drug-likeness (QED) is 0.925. The fraction of sp³-hybridized carbons (Fsp3) is 0.389. The van der Waals surface area contributed by atoms with Crippen molar-refractivity contribution in [3.05, 3.63) is 64.5 Å². The van der Waals surface area contributed by atoms with Crippen LogP contribution in [0.5, 0.6) is 0 Å². The van der Waals surface area contributed by atoms with Crippen LogP contribution in [0.15, 0.2) is 36.5 Å². The van der Waals surface area contributed by atoms with Gasteiger partial charge in [0.25, 0.3) is 0 Å². The Hall–Kier alpha value is -1.67. The van der Waals surface area contributed by atoms with Crippen molar-refractivity contribution in [1.29, 1.82) is 0 Å². The van der Waals surface area contributed by atoms with Gasteiger partial charge in [0.2, 0.25) is 0 Å². The van der Waals surface area contributed by atoms with E-state index in [0.717, 1.165) is 19.3 Å². The maximum atomic E-state index is 6.49. The lowest BCUT2D eigenvalue weighted by Gasteiger charge is -2.20. The van der Waals surface area contributed by atoms with E-state index in [1.807, 2.05) is 12.3 Å². The van der Waals surface area contributed by atoms with Gasteiger partial charge in [-0.3, -0.25) is 4.98 Å². The molecule has 1 aliphatic rings. The molecule has 0 radical (unpaired) electrons. The SMILES string of the molecule is Cc1cc(C)cc(CC(N)C2CCc3cccnc32)c1. The molecule has 2 heteroatoms. The van der Waals surface area contributed by atoms with Crippen LogP contribution in [0.3, 0.4) is 0 Å². The molecule has 2 N–H and O–H groups in total. The first-order chi connectivity index (χ1) is 9.63. The number of pyridine rings is 1. The van der Waals surface area contributed by atoms with Gasteiger partial charge in [0.1, 0.15) is 0 Å². The van der Waals surface area contributed by atoms with Crippen LogP contribution in [0.1, 0.15) is 40.3 Å². The fourth-order valence-corrected chi connectivity index (χ4v) is 3.46. The summed E-state index contributed by atoms with van der Waals surface area (Å²) in [5.41, 5.74) is 13.1. The normalized spacial score (nSPS) is 18.9. The highest BCUT2D eigenvalue weighted by Crippen LogP contribution is 2.34. The first-order valence-electron chi connectivity index (χ1n) is 7.40. The lowest BCUT2D eigenvalue weighted by Crippen LogP contribution is -2.30. The lowest BCUT2D eigenvalue weighted by molar-refractivity contribution is 0.517. The van der Waals surface area contributed by atoms with Gasteiger partial charge in [-0.25, -0.2) is 0 Å². The molecule has 2 aromatic rings. The van der Waals surface area contributed by atoms with E-state index in [-0.39, 0.29) is 6.04 Å². The van der Waals surface area contributed by atoms with Gasteiger partial charge in [0.15, 0.2) is 0 Å². The minimum absolute atomic E-state index is 0.160. The predicted octanol–water partition coefficient (Wildman–Crippen LogP) is 3.30. The molecule has 3 rings (SSSR count). The summed E-state index contributed by atoms with van der Waals surface area (Å²) < 4.78 is 0. The number of aryl methyl sites for hydroxylation is 3. The summed E-state index contributed by atoms with van der Waals surface area (Å²) in [5.74, 6) is 0.409. The van der Waals surface area contributed by atoms with E-state index in [1.165, 1.54) is 27.9 Å². The summed E-state index contributed by atoms with van der Waals surface area (Å²) in [6.07, 6.45) is 5.08. The van der Waals surface area contributed by atoms with E-state index in [1.54, 1.807) is 0 Å². The summed E-state index contributed by atoms with van der Waals surface area (Å²) in [7, 11) is 0. The number of nitrogens with zero attached hydrogens (tertiary/aromatic N) is 1. The van der Waals surface area contributed by atoms with Crippen molar-refractivity contribution in [2.24, 2.45) is 5.73 Å². The molecule has 1 aromatic heterocycles. The Morgan fingerprint density at radius 1 is 1.25 bits per heavy atom. The van der Waals surface area contributed by atoms with Crippen molar-refractivity contribution in [2.75, 3.05) is 0 Å². The van der Waals surface area contributed by atoms with Gasteiger partial charge < -0.3 is 5.73 Å². The van der Waals surface area contributed by atoms with E-state index in [4.69, 9.17) is 5.73 Å². The Kier molecular flexibility index (Phi) is 3.58. The lowest BCUT2D eigenvalue weighted by atomic mass is 9.91. The third kappa shape index (κ3) is 2.61. The average Bonchev–Trinajstić information content (AvgIpc) is 2.81. The fourth-order valence-electron chi connectivity index (χ4n) is 3.46. The second-order valence-electron chi connectivity index (χ2n) is 6.06. The van der Waals surface area contributed by atoms with Gasteiger partial charge in [-0.1, -0.05) is 35.4 Å². The first kappa shape index (κ1) is 13.3. The van der Waals surface area contributed by atoms with E-state index in [9.17, 15) is 0 Å². The van der Waals surface area contributed by atoms with Crippen molar-refractivity contribution in [2.45, 2.75) is 45.1 Å². The number of hydrogen-bond acceptors (Lipinski definition) is 2. The molecule has 1 heterocycles. The molecule has 1 aromatic carbocycles. The van der Waals surface area contributed by atoms with Crippen LogP contribution < -0.4 is 5.73 Å². The maximum absolute atomic E-state index is 6.49. The van der Waals surface area contributed by atoms with Gasteiger partial charge in [0.05, 0.1) is 0 Å². The van der Waals surface area contributed by atoms with Crippen molar-refractivity contribution >= 4 is 0 Å². The summed E-state index contributed by atoms with van der Waals surface area (Å²) >= 11 is 0. The highest BCUT2D eigenvalue weighted by Gasteiger charge is 2.28. The minimum Gasteiger partial charge on any atom is -0.327 e. The number of hydrogen-bond donors (Lipinski definition) is 1. The van der Waals surface area contributed by atoms with E-state index < -0.39 is 0 Å². The van der Waals surface area contributed by atoms with Gasteiger partial charge in [-0.15, -0.1) is 0 Å². The number of benzene rings is 1. The van der Waals surface area contributed by atoms with Gasteiger partial charge in [-0.2, -0.15) is 0 Å². The predicted molar refractivity (Wildman–Crippen MR) is 82.9 cm³/mol. The Morgan fingerprint density at radius 2 is 2.00 bits per heavy atom. The van der Waals surface area contributed by atoms with Crippen molar-refractivity contribution < 1.29 is 0 Å². The molecule has 0 saturated heterocycles. The third-order valence-electron chi connectivity index (χ3n) is 4.27. The van der Waals surface area contributed by atoms with Crippen LogP contribution in [0.2, 0.25) is 0 Å². The number of rotatable bonds is 3. The first-order valence-corrected chi connectivity index (χ1v) is 7.40. The molecule has 2 atom stereocenters. The monoisotopic (exact) mass is 266 g/mol. The van der Waals surface area contributed by atoms with E-state index in [2.05, 4.69) is 43.1 Å². The van der Waals surface area contributed by atoms with Crippen LogP contribution >= 0.6 is 0 Å². The summed E-state index contributed by atoms with van der Waals surface area (Å²) in [6.45, 7) is 4.29. The second kappa shape index (κ2) is 5.37. The van der Waals surface area contributed by atoms with Crippen LogP contribution in [-0.2, 0) is 12.8 Å². The zero-order valence-corrected chi connectivity index (χ0v) is 12.3. The van der Waals surface area contributed by atoms with Crippen molar-refractivity contribution in [3.63, 3.8) is 0 Å². The van der Waals surface area contributed by atoms with Crippen LogP contribution in [0.25, 0.3) is 0 Å². The summed E-state index contributed by atoms with van der Waals surface area (Å²) in [6, 6.07) is 11.1. The van der Waals surface area contributed by atoms with E-state index >= 15 is 0 Å². The van der Waals surface area contributed by atoms with Crippen molar-refractivity contribution in [3.8, 4) is 0 Å². The Bertz CT molecular complexity index is 598. The number of aromatic nitrogens is 1. The molecule has 2 nitrogen and oxygen atoms in total. The molecule has 0 saturated carbocycles. The zero-order valence-electron chi connectivity index (χ0n) is 12.3. The standard InChI is InChI=1S/C18H22N2/c1-12-8-13(2)10-14(9-12)11-17(19)16-6-5-15-4-3-7-20-18(15)16/h3-4,7-10,16-17H,5-6,11,19H2,1-2H3. The average molecular weight is 266 g/mol. The number of nitrogens with two attached hydrogens (primary N) is 1. The minimum atomic E-state index is 0.160. The van der Waals surface area contributed by atoms with Crippen molar-refractivity contribution in [1.82, 2.24) is 4.98 Å². The zero-order chi connectivity index (χ0) is 14.1. The molecule has 1 aliphatic carbocycles.